The Balaban J connectivity index is 1.87. The lowest BCUT2D eigenvalue weighted by Gasteiger charge is -2.22. The van der Waals surface area contributed by atoms with Crippen LogP contribution in [-0.4, -0.2) is 35.3 Å². The van der Waals surface area contributed by atoms with E-state index >= 15 is 0 Å². The van der Waals surface area contributed by atoms with E-state index in [-0.39, 0.29) is 23.9 Å². The Labute approximate surface area is 119 Å². The van der Waals surface area contributed by atoms with Gasteiger partial charge < -0.3 is 14.6 Å². The molecule has 0 bridgehead atoms. The molecule has 1 saturated carbocycles. The van der Waals surface area contributed by atoms with Gasteiger partial charge in [0, 0.05) is 25.0 Å². The largest absolute Gasteiger partial charge is 0.472 e. The highest BCUT2D eigenvalue weighted by molar-refractivity contribution is 5.94. The third-order valence-electron chi connectivity index (χ3n) is 3.62. The van der Waals surface area contributed by atoms with E-state index in [0.717, 1.165) is 19.3 Å². The molecule has 1 unspecified atom stereocenters. The molecule has 1 atom stereocenters. The van der Waals surface area contributed by atoms with E-state index in [0.29, 0.717) is 18.5 Å². The van der Waals surface area contributed by atoms with Gasteiger partial charge in [-0.3, -0.25) is 9.59 Å². The van der Waals surface area contributed by atoms with Crippen molar-refractivity contribution >= 4 is 11.8 Å². The first-order valence-corrected chi connectivity index (χ1v) is 7.24. The maximum absolute atomic E-state index is 12.3. The van der Waals surface area contributed by atoms with Crippen molar-refractivity contribution in [1.29, 1.82) is 0 Å². The smallest absolute Gasteiger partial charge is 0.257 e. The third kappa shape index (κ3) is 3.85. The average molecular weight is 278 g/mol. The molecule has 5 heteroatoms. The highest BCUT2D eigenvalue weighted by Crippen LogP contribution is 2.28. The van der Waals surface area contributed by atoms with Crippen molar-refractivity contribution in [1.82, 2.24) is 10.2 Å². The molecule has 0 radical (unpaired) electrons. The van der Waals surface area contributed by atoms with E-state index in [1.165, 1.54) is 12.5 Å². The van der Waals surface area contributed by atoms with Crippen LogP contribution in [0, 0.1) is 0 Å². The number of rotatable bonds is 7. The molecule has 2 rings (SSSR count). The van der Waals surface area contributed by atoms with E-state index < -0.39 is 0 Å². The van der Waals surface area contributed by atoms with Crippen molar-refractivity contribution in [2.45, 2.75) is 51.6 Å². The number of carbonyl (C=O) groups is 2. The monoisotopic (exact) mass is 278 g/mol. The number of hydrogen-bond acceptors (Lipinski definition) is 3. The molecule has 0 saturated heterocycles. The van der Waals surface area contributed by atoms with E-state index in [1.807, 2.05) is 13.8 Å². The van der Waals surface area contributed by atoms with Gasteiger partial charge in [-0.1, -0.05) is 6.92 Å². The lowest BCUT2D eigenvalue weighted by Crippen LogP contribution is -2.38. The van der Waals surface area contributed by atoms with Gasteiger partial charge in [-0.05, 0) is 32.3 Å². The fourth-order valence-corrected chi connectivity index (χ4v) is 2.06. The van der Waals surface area contributed by atoms with E-state index in [4.69, 9.17) is 4.42 Å². The number of nitrogens with zero attached hydrogens (tertiary/aromatic N) is 1. The Bertz CT molecular complexity index is 452. The second-order valence-corrected chi connectivity index (χ2v) is 5.37. The predicted octanol–water partition coefficient (Wildman–Crippen LogP) is 2.19. The quantitative estimate of drug-likeness (QED) is 0.831. The molecule has 1 heterocycles. The van der Waals surface area contributed by atoms with Crippen molar-refractivity contribution in [2.24, 2.45) is 0 Å². The highest BCUT2D eigenvalue weighted by Gasteiger charge is 2.33. The number of amides is 2. The molecule has 20 heavy (non-hydrogen) atoms. The standard InChI is InChI=1S/C15H22N2O3/c1-3-11(2)16-14(18)6-8-17(13-4-5-13)15(19)12-7-9-20-10-12/h7,9-11,13H,3-6,8H2,1-2H3,(H,16,18). The topological polar surface area (TPSA) is 62.6 Å². The first-order chi connectivity index (χ1) is 9.61. The summed E-state index contributed by atoms with van der Waals surface area (Å²) in [6.07, 6.45) is 6.26. The third-order valence-corrected chi connectivity index (χ3v) is 3.62. The zero-order valence-corrected chi connectivity index (χ0v) is 12.1. The molecule has 1 aliphatic rings. The Hall–Kier alpha value is -1.78. The molecule has 5 nitrogen and oxygen atoms in total. The van der Waals surface area contributed by atoms with Gasteiger partial charge in [0.2, 0.25) is 5.91 Å². The number of furan rings is 1. The Morgan fingerprint density at radius 3 is 2.80 bits per heavy atom. The lowest BCUT2D eigenvalue weighted by atomic mass is 10.2. The number of hydrogen-bond donors (Lipinski definition) is 1. The van der Waals surface area contributed by atoms with Crippen molar-refractivity contribution in [3.63, 3.8) is 0 Å². The van der Waals surface area contributed by atoms with E-state index in [2.05, 4.69) is 5.32 Å². The second kappa shape index (κ2) is 6.59. The molecule has 1 aromatic rings. The number of nitrogens with one attached hydrogen (secondary N) is 1. The van der Waals surface area contributed by atoms with Gasteiger partial charge in [0.05, 0.1) is 11.8 Å². The summed E-state index contributed by atoms with van der Waals surface area (Å²) in [7, 11) is 0. The summed E-state index contributed by atoms with van der Waals surface area (Å²) in [6.45, 7) is 4.48. The van der Waals surface area contributed by atoms with Crippen LogP contribution >= 0.6 is 0 Å². The molecular formula is C15H22N2O3. The van der Waals surface area contributed by atoms with Gasteiger partial charge in [-0.2, -0.15) is 0 Å². The Morgan fingerprint density at radius 1 is 1.50 bits per heavy atom. The fraction of sp³-hybridized carbons (Fsp3) is 0.600. The summed E-state index contributed by atoms with van der Waals surface area (Å²) in [5, 5.41) is 2.92. The van der Waals surface area contributed by atoms with Crippen molar-refractivity contribution < 1.29 is 14.0 Å². The van der Waals surface area contributed by atoms with E-state index in [9.17, 15) is 9.59 Å². The van der Waals surface area contributed by atoms with Gasteiger partial charge in [0.15, 0.2) is 0 Å². The Kier molecular flexibility index (Phi) is 4.82. The SMILES string of the molecule is CCC(C)NC(=O)CCN(C(=O)c1ccoc1)C1CC1. The van der Waals surface area contributed by atoms with Crippen molar-refractivity contribution in [3.05, 3.63) is 24.2 Å². The van der Waals surface area contributed by atoms with Gasteiger partial charge in [0.25, 0.3) is 5.91 Å². The summed E-state index contributed by atoms with van der Waals surface area (Å²) >= 11 is 0. The highest BCUT2D eigenvalue weighted by atomic mass is 16.3. The zero-order chi connectivity index (χ0) is 14.5. The average Bonchev–Trinajstić information content (AvgIpc) is 3.11. The van der Waals surface area contributed by atoms with Gasteiger partial charge >= 0.3 is 0 Å². The van der Waals surface area contributed by atoms with E-state index in [1.54, 1.807) is 11.0 Å². The minimum Gasteiger partial charge on any atom is -0.472 e. The maximum atomic E-state index is 12.3. The van der Waals surface area contributed by atoms with Crippen LogP contribution in [-0.2, 0) is 4.79 Å². The Morgan fingerprint density at radius 2 is 2.25 bits per heavy atom. The van der Waals surface area contributed by atoms with Crippen LogP contribution in [0.4, 0.5) is 0 Å². The molecular weight excluding hydrogens is 256 g/mol. The van der Waals surface area contributed by atoms with Crippen LogP contribution in [0.2, 0.25) is 0 Å². The summed E-state index contributed by atoms with van der Waals surface area (Å²) in [4.78, 5) is 25.9. The number of carbonyl (C=O) groups excluding carboxylic acids is 2. The fourth-order valence-electron chi connectivity index (χ4n) is 2.06. The van der Waals surface area contributed by atoms with Crippen LogP contribution in [0.25, 0.3) is 0 Å². The van der Waals surface area contributed by atoms with Crippen LogP contribution in [0.15, 0.2) is 23.0 Å². The van der Waals surface area contributed by atoms with Crippen LogP contribution in [0.3, 0.4) is 0 Å². The van der Waals surface area contributed by atoms with Crippen LogP contribution < -0.4 is 5.32 Å². The predicted molar refractivity (Wildman–Crippen MR) is 75.3 cm³/mol. The molecule has 0 aliphatic heterocycles. The normalized spacial score (nSPS) is 15.7. The van der Waals surface area contributed by atoms with Crippen molar-refractivity contribution in [2.75, 3.05) is 6.54 Å². The van der Waals surface area contributed by atoms with Crippen molar-refractivity contribution in [3.8, 4) is 0 Å². The molecule has 1 N–H and O–H groups in total. The van der Waals surface area contributed by atoms with Crippen LogP contribution in [0.5, 0.6) is 0 Å². The lowest BCUT2D eigenvalue weighted by molar-refractivity contribution is -0.121. The van der Waals surface area contributed by atoms with Gasteiger partial charge in [-0.25, -0.2) is 0 Å². The zero-order valence-electron chi connectivity index (χ0n) is 12.1. The summed E-state index contributed by atoms with van der Waals surface area (Å²) in [6, 6.07) is 2.13. The summed E-state index contributed by atoms with van der Waals surface area (Å²) in [5.41, 5.74) is 0.555. The molecule has 0 spiro atoms. The summed E-state index contributed by atoms with van der Waals surface area (Å²) in [5.74, 6) is -0.0393. The van der Waals surface area contributed by atoms with Gasteiger partial charge in [0.1, 0.15) is 6.26 Å². The first-order valence-electron chi connectivity index (χ1n) is 7.24. The van der Waals surface area contributed by atoms with Gasteiger partial charge in [-0.15, -0.1) is 0 Å². The molecule has 1 aliphatic carbocycles. The molecule has 2 amide bonds. The summed E-state index contributed by atoms with van der Waals surface area (Å²) < 4.78 is 4.95. The minimum absolute atomic E-state index is 0.00462. The maximum Gasteiger partial charge on any atom is 0.257 e. The molecule has 1 aromatic heterocycles. The second-order valence-electron chi connectivity index (χ2n) is 5.37. The molecule has 1 fully saturated rings. The molecule has 110 valence electrons. The molecule has 0 aromatic carbocycles. The van der Waals surface area contributed by atoms with Crippen LogP contribution in [0.1, 0.15) is 49.9 Å². The first kappa shape index (κ1) is 14.6. The minimum atomic E-state index is -0.0439.